The van der Waals surface area contributed by atoms with Crippen LogP contribution in [0.1, 0.15) is 65.6 Å². The maximum absolute atomic E-state index is 11.7. The lowest BCUT2D eigenvalue weighted by atomic mass is 9.75. The van der Waals surface area contributed by atoms with Gasteiger partial charge in [0, 0.05) is 21.6 Å². The van der Waals surface area contributed by atoms with Crippen molar-refractivity contribution in [2.45, 2.75) is 75.9 Å². The Labute approximate surface area is 125 Å². The lowest BCUT2D eigenvalue weighted by Gasteiger charge is -2.36. The van der Waals surface area contributed by atoms with Crippen molar-refractivity contribution in [1.29, 1.82) is 0 Å². The average molecular weight is 320 g/mol. The summed E-state index contributed by atoms with van der Waals surface area (Å²) in [5.41, 5.74) is -0.561. The summed E-state index contributed by atoms with van der Waals surface area (Å²) in [6.07, 6.45) is 5.50. The lowest BCUT2D eigenvalue weighted by molar-refractivity contribution is 0.260. The quantitative estimate of drug-likeness (QED) is 0.785. The molecule has 0 unspecified atom stereocenters. The second-order valence-electron chi connectivity index (χ2n) is 6.87. The Morgan fingerprint density at radius 2 is 1.70 bits per heavy atom. The summed E-state index contributed by atoms with van der Waals surface area (Å²) in [4.78, 5) is 0. The fourth-order valence-corrected chi connectivity index (χ4v) is 4.00. The van der Waals surface area contributed by atoms with Crippen LogP contribution >= 0.6 is 10.7 Å². The number of rotatable bonds is 2. The number of nitrogens with zero attached hydrogens (tertiary/aromatic N) is 3. The van der Waals surface area contributed by atoms with Crippen LogP contribution in [0.4, 0.5) is 0 Å². The lowest BCUT2D eigenvalue weighted by Crippen LogP contribution is -2.35. The van der Waals surface area contributed by atoms with Crippen molar-refractivity contribution >= 4 is 19.7 Å². The molecule has 1 fully saturated rings. The van der Waals surface area contributed by atoms with E-state index in [1.165, 1.54) is 6.42 Å². The Bertz CT molecular complexity index is 596. The van der Waals surface area contributed by atoms with E-state index in [2.05, 4.69) is 17.1 Å². The molecule has 0 amide bonds. The van der Waals surface area contributed by atoms with Crippen LogP contribution in [0.3, 0.4) is 0 Å². The summed E-state index contributed by atoms with van der Waals surface area (Å²) in [5.74, 6) is 0.740. The highest BCUT2D eigenvalue weighted by Crippen LogP contribution is 2.40. The van der Waals surface area contributed by atoms with E-state index in [1.807, 2.05) is 20.8 Å². The van der Waals surface area contributed by atoms with E-state index in [4.69, 9.17) is 10.7 Å². The van der Waals surface area contributed by atoms with Gasteiger partial charge in [-0.15, -0.1) is 10.2 Å². The van der Waals surface area contributed by atoms with Gasteiger partial charge in [-0.3, -0.25) is 4.57 Å². The van der Waals surface area contributed by atoms with Gasteiger partial charge in [0.2, 0.25) is 0 Å². The largest absolute Gasteiger partial charge is 0.296 e. The van der Waals surface area contributed by atoms with Gasteiger partial charge in [0.15, 0.2) is 0 Å². The van der Waals surface area contributed by atoms with Gasteiger partial charge in [0.25, 0.3) is 14.2 Å². The minimum atomic E-state index is -3.90. The van der Waals surface area contributed by atoms with Crippen LogP contribution in [0.2, 0.25) is 0 Å². The van der Waals surface area contributed by atoms with Crippen LogP contribution in [0.15, 0.2) is 5.16 Å². The molecule has 0 spiro atoms. The molecule has 0 bridgehead atoms. The Hall–Kier alpha value is -0.620. The summed E-state index contributed by atoms with van der Waals surface area (Å²) in [7, 11) is 1.62. The molecule has 1 aliphatic carbocycles. The van der Waals surface area contributed by atoms with Crippen LogP contribution in [0.25, 0.3) is 0 Å². The Morgan fingerprint density at radius 1 is 1.15 bits per heavy atom. The van der Waals surface area contributed by atoms with E-state index in [-0.39, 0.29) is 10.6 Å². The second kappa shape index (κ2) is 4.98. The van der Waals surface area contributed by atoms with E-state index in [9.17, 15) is 8.42 Å². The molecule has 1 aromatic rings. The van der Waals surface area contributed by atoms with Crippen molar-refractivity contribution in [1.82, 2.24) is 14.8 Å². The van der Waals surface area contributed by atoms with Gasteiger partial charge in [-0.2, -0.15) is 0 Å². The standard InChI is InChI=1S/C13H22ClN3O2S/c1-12(2,3)17-10(13(4)8-6-5-7-9-13)15-16-11(17)20(14,18)19/h5-9H2,1-4H3. The molecular weight excluding hydrogens is 298 g/mol. The molecule has 114 valence electrons. The van der Waals surface area contributed by atoms with Crippen molar-refractivity contribution in [3.05, 3.63) is 5.82 Å². The zero-order valence-electron chi connectivity index (χ0n) is 12.5. The molecule has 1 saturated carbocycles. The van der Waals surface area contributed by atoms with Gasteiger partial charge in [-0.05, 0) is 33.6 Å². The van der Waals surface area contributed by atoms with Crippen LogP contribution in [-0.4, -0.2) is 23.2 Å². The van der Waals surface area contributed by atoms with Crippen molar-refractivity contribution in [3.63, 3.8) is 0 Å². The number of hydrogen-bond acceptors (Lipinski definition) is 4. The summed E-state index contributed by atoms with van der Waals surface area (Å²) in [5, 5.41) is 7.92. The molecule has 20 heavy (non-hydrogen) atoms. The van der Waals surface area contributed by atoms with Crippen molar-refractivity contribution < 1.29 is 8.42 Å². The van der Waals surface area contributed by atoms with E-state index in [1.54, 1.807) is 4.57 Å². The molecule has 0 saturated heterocycles. The monoisotopic (exact) mass is 319 g/mol. The fourth-order valence-electron chi connectivity index (χ4n) is 2.98. The number of aromatic nitrogens is 3. The maximum atomic E-state index is 11.7. The molecule has 2 rings (SSSR count). The molecule has 1 heterocycles. The zero-order valence-corrected chi connectivity index (χ0v) is 14.1. The molecule has 1 aliphatic rings. The third kappa shape index (κ3) is 2.86. The van der Waals surface area contributed by atoms with E-state index in [0.717, 1.165) is 31.5 Å². The van der Waals surface area contributed by atoms with Crippen LogP contribution in [-0.2, 0) is 20.0 Å². The molecule has 7 heteroatoms. The predicted octanol–water partition coefficient (Wildman–Crippen LogP) is 3.18. The van der Waals surface area contributed by atoms with Crippen LogP contribution < -0.4 is 0 Å². The highest BCUT2D eigenvalue weighted by Gasteiger charge is 2.39. The maximum Gasteiger partial charge on any atom is 0.296 e. The molecule has 0 N–H and O–H groups in total. The Kier molecular flexibility index (Phi) is 3.93. The van der Waals surface area contributed by atoms with Crippen LogP contribution in [0.5, 0.6) is 0 Å². The third-order valence-electron chi connectivity index (χ3n) is 4.02. The molecule has 0 atom stereocenters. The molecular formula is C13H22ClN3O2S. The van der Waals surface area contributed by atoms with Gasteiger partial charge in [0.1, 0.15) is 5.82 Å². The van der Waals surface area contributed by atoms with E-state index in [0.29, 0.717) is 0 Å². The SMILES string of the molecule is CC1(c2nnc(S(=O)(=O)Cl)n2C(C)(C)C)CCCCC1. The highest BCUT2D eigenvalue weighted by atomic mass is 35.7. The van der Waals surface area contributed by atoms with Gasteiger partial charge in [-0.1, -0.05) is 26.2 Å². The molecule has 0 aromatic carbocycles. The summed E-state index contributed by atoms with van der Waals surface area (Å²) in [6.45, 7) is 7.97. The molecule has 1 aromatic heterocycles. The second-order valence-corrected chi connectivity index (χ2v) is 9.33. The first-order valence-corrected chi connectivity index (χ1v) is 9.28. The number of hydrogen-bond donors (Lipinski definition) is 0. The minimum Gasteiger partial charge on any atom is -0.295 e. The van der Waals surface area contributed by atoms with Crippen molar-refractivity contribution in [2.75, 3.05) is 0 Å². The summed E-state index contributed by atoms with van der Waals surface area (Å²) >= 11 is 0. The highest BCUT2D eigenvalue weighted by molar-refractivity contribution is 8.13. The normalized spacial score (nSPS) is 20.1. The fraction of sp³-hybridized carbons (Fsp3) is 0.846. The predicted molar refractivity (Wildman–Crippen MR) is 78.5 cm³/mol. The molecule has 0 aliphatic heterocycles. The first-order valence-electron chi connectivity index (χ1n) is 6.97. The van der Waals surface area contributed by atoms with Gasteiger partial charge in [0.05, 0.1) is 0 Å². The molecule has 5 nitrogen and oxygen atoms in total. The van der Waals surface area contributed by atoms with E-state index < -0.39 is 14.6 Å². The van der Waals surface area contributed by atoms with Gasteiger partial charge >= 0.3 is 0 Å². The zero-order chi connectivity index (χ0) is 15.2. The van der Waals surface area contributed by atoms with Gasteiger partial charge in [-0.25, -0.2) is 8.42 Å². The first-order chi connectivity index (χ1) is 9.06. The topological polar surface area (TPSA) is 64.8 Å². The Morgan fingerprint density at radius 3 is 2.15 bits per heavy atom. The van der Waals surface area contributed by atoms with Crippen molar-refractivity contribution in [2.24, 2.45) is 0 Å². The van der Waals surface area contributed by atoms with Crippen LogP contribution in [0, 0.1) is 0 Å². The summed E-state index contributed by atoms with van der Waals surface area (Å²) in [6, 6.07) is 0. The van der Waals surface area contributed by atoms with Crippen molar-refractivity contribution in [3.8, 4) is 0 Å². The Balaban J connectivity index is 2.63. The third-order valence-corrected chi connectivity index (χ3v) is 5.13. The van der Waals surface area contributed by atoms with Gasteiger partial charge < -0.3 is 0 Å². The minimum absolute atomic E-state index is 0.127. The van der Waals surface area contributed by atoms with E-state index >= 15 is 0 Å². The average Bonchev–Trinajstić information content (AvgIpc) is 2.74. The summed E-state index contributed by atoms with van der Waals surface area (Å²) < 4.78 is 25.2. The smallest absolute Gasteiger partial charge is 0.295 e. The number of halogens is 1. The first kappa shape index (κ1) is 15.8. The molecule has 0 radical (unpaired) electrons.